The summed E-state index contributed by atoms with van der Waals surface area (Å²) in [7, 11) is 0. The standard InChI is InChI=1S/C23H24ClN5O2/c1-14-6-3-4-7-18(14)26-22(31)20-15(2)25-23-27-19(8-5-13-30)28-29(23)21(20)16-9-11-17(24)12-10-16/h3-4,6-7,9-12,20-21,30H,2,5,8,13H2,1H3,(H,26,31)(H,25,27,28)/t20-,21+/m1/s1. The van der Waals surface area contributed by atoms with E-state index < -0.39 is 12.0 Å². The fourth-order valence-electron chi connectivity index (χ4n) is 3.76. The van der Waals surface area contributed by atoms with Gasteiger partial charge in [0.25, 0.3) is 0 Å². The Morgan fingerprint density at radius 2 is 2.00 bits per heavy atom. The van der Waals surface area contributed by atoms with E-state index in [2.05, 4.69) is 27.3 Å². The van der Waals surface area contributed by atoms with Gasteiger partial charge in [0, 0.05) is 29.4 Å². The second-order valence-corrected chi connectivity index (χ2v) is 7.99. The zero-order chi connectivity index (χ0) is 22.0. The summed E-state index contributed by atoms with van der Waals surface area (Å²) in [4.78, 5) is 18.0. The number of carbonyl (C=O) groups excluding carboxylic acids is 1. The number of nitrogens with zero attached hydrogens (tertiary/aromatic N) is 3. The molecule has 0 aliphatic carbocycles. The lowest BCUT2D eigenvalue weighted by atomic mass is 9.88. The van der Waals surface area contributed by atoms with Crippen LogP contribution in [0.2, 0.25) is 5.02 Å². The summed E-state index contributed by atoms with van der Waals surface area (Å²) in [5.74, 6) is 0.312. The lowest BCUT2D eigenvalue weighted by molar-refractivity contribution is -0.119. The molecule has 0 fully saturated rings. The molecule has 1 aliphatic rings. The van der Waals surface area contributed by atoms with Gasteiger partial charge in [0.2, 0.25) is 11.9 Å². The lowest BCUT2D eigenvalue weighted by Gasteiger charge is -2.34. The van der Waals surface area contributed by atoms with Crippen LogP contribution in [0.15, 0.2) is 60.8 Å². The first-order valence-electron chi connectivity index (χ1n) is 10.1. The number of amides is 1. The van der Waals surface area contributed by atoms with Crippen LogP contribution in [-0.2, 0) is 11.2 Å². The summed E-state index contributed by atoms with van der Waals surface area (Å²) >= 11 is 6.10. The van der Waals surface area contributed by atoms with E-state index in [0.717, 1.165) is 16.8 Å². The Kier molecular flexibility index (Phi) is 6.06. The first-order valence-corrected chi connectivity index (χ1v) is 10.5. The monoisotopic (exact) mass is 437 g/mol. The van der Waals surface area contributed by atoms with E-state index in [1.54, 1.807) is 16.8 Å². The highest BCUT2D eigenvalue weighted by atomic mass is 35.5. The Morgan fingerprint density at radius 3 is 2.71 bits per heavy atom. The first-order chi connectivity index (χ1) is 15.0. The molecule has 4 rings (SSSR count). The Balaban J connectivity index is 1.74. The molecule has 0 unspecified atom stereocenters. The molecule has 8 heteroatoms. The summed E-state index contributed by atoms with van der Waals surface area (Å²) in [6, 6.07) is 14.6. The first kappa shape index (κ1) is 21.1. The van der Waals surface area contributed by atoms with Gasteiger partial charge in [0.15, 0.2) is 5.82 Å². The Morgan fingerprint density at radius 1 is 1.26 bits per heavy atom. The maximum absolute atomic E-state index is 13.4. The van der Waals surface area contributed by atoms with Crippen molar-refractivity contribution in [2.45, 2.75) is 25.8 Å². The zero-order valence-electron chi connectivity index (χ0n) is 17.2. The van der Waals surface area contributed by atoms with Crippen LogP contribution >= 0.6 is 11.6 Å². The number of rotatable bonds is 6. The van der Waals surface area contributed by atoms with Crippen LogP contribution in [0.1, 0.15) is 29.4 Å². The molecule has 2 heterocycles. The van der Waals surface area contributed by atoms with Gasteiger partial charge in [-0.15, -0.1) is 0 Å². The second-order valence-electron chi connectivity index (χ2n) is 7.55. The third-order valence-electron chi connectivity index (χ3n) is 5.36. The summed E-state index contributed by atoms with van der Waals surface area (Å²) in [5.41, 5.74) is 3.14. The number of fused-ring (bicyclic) bond motifs is 1. The van der Waals surface area contributed by atoms with Crippen LogP contribution < -0.4 is 10.6 Å². The van der Waals surface area contributed by atoms with Crippen LogP contribution in [0.4, 0.5) is 11.6 Å². The van der Waals surface area contributed by atoms with Crippen LogP contribution in [0.25, 0.3) is 0 Å². The van der Waals surface area contributed by atoms with Gasteiger partial charge in [0.1, 0.15) is 5.92 Å². The molecule has 160 valence electrons. The number of carbonyl (C=O) groups is 1. The summed E-state index contributed by atoms with van der Waals surface area (Å²) in [6.45, 7) is 6.13. The molecule has 2 atom stereocenters. The molecule has 2 aromatic carbocycles. The number of hydrogen-bond acceptors (Lipinski definition) is 5. The third-order valence-corrected chi connectivity index (χ3v) is 5.61. The predicted octanol–water partition coefficient (Wildman–Crippen LogP) is 3.95. The van der Waals surface area contributed by atoms with Gasteiger partial charge in [-0.05, 0) is 42.7 Å². The smallest absolute Gasteiger partial charge is 0.235 e. The van der Waals surface area contributed by atoms with E-state index in [-0.39, 0.29) is 12.5 Å². The van der Waals surface area contributed by atoms with Crippen LogP contribution in [0.3, 0.4) is 0 Å². The van der Waals surface area contributed by atoms with E-state index in [9.17, 15) is 4.79 Å². The van der Waals surface area contributed by atoms with Gasteiger partial charge in [-0.25, -0.2) is 4.68 Å². The van der Waals surface area contributed by atoms with E-state index >= 15 is 0 Å². The lowest BCUT2D eigenvalue weighted by Crippen LogP contribution is -2.39. The van der Waals surface area contributed by atoms with Crippen molar-refractivity contribution in [2.24, 2.45) is 5.92 Å². The molecule has 31 heavy (non-hydrogen) atoms. The van der Waals surface area contributed by atoms with Crippen molar-refractivity contribution in [3.63, 3.8) is 0 Å². The molecule has 3 N–H and O–H groups in total. The van der Waals surface area contributed by atoms with Crippen molar-refractivity contribution in [1.29, 1.82) is 0 Å². The van der Waals surface area contributed by atoms with Gasteiger partial charge in [-0.3, -0.25) is 4.79 Å². The SMILES string of the molecule is C=C1Nc2nc(CCCO)nn2[C@@H](c2ccc(Cl)cc2)[C@@H]1C(=O)Nc1ccccc1C. The molecule has 0 bridgehead atoms. The molecule has 0 saturated heterocycles. The van der Waals surface area contributed by atoms with Gasteiger partial charge < -0.3 is 15.7 Å². The minimum absolute atomic E-state index is 0.0616. The van der Waals surface area contributed by atoms with Crippen LogP contribution in [0.5, 0.6) is 0 Å². The fourth-order valence-corrected chi connectivity index (χ4v) is 3.89. The molecule has 0 radical (unpaired) electrons. The number of hydrogen-bond donors (Lipinski definition) is 3. The summed E-state index contributed by atoms with van der Waals surface area (Å²) < 4.78 is 1.73. The zero-order valence-corrected chi connectivity index (χ0v) is 17.9. The van der Waals surface area contributed by atoms with Crippen molar-refractivity contribution >= 4 is 29.1 Å². The number of anilines is 2. The van der Waals surface area contributed by atoms with E-state index in [0.29, 0.717) is 35.3 Å². The average molecular weight is 438 g/mol. The number of aliphatic hydroxyl groups is 1. The van der Waals surface area contributed by atoms with Gasteiger partial charge in [-0.1, -0.05) is 48.5 Å². The van der Waals surface area contributed by atoms with Crippen molar-refractivity contribution in [1.82, 2.24) is 14.8 Å². The van der Waals surface area contributed by atoms with Gasteiger partial charge in [0.05, 0.1) is 6.04 Å². The van der Waals surface area contributed by atoms with Crippen molar-refractivity contribution in [3.05, 3.63) is 82.8 Å². The molecular formula is C23H24ClN5O2. The fraction of sp³-hybridized carbons (Fsp3) is 0.261. The highest BCUT2D eigenvalue weighted by Crippen LogP contribution is 2.38. The van der Waals surface area contributed by atoms with Gasteiger partial charge in [-0.2, -0.15) is 10.1 Å². The molecule has 1 aliphatic heterocycles. The maximum Gasteiger partial charge on any atom is 0.235 e. The van der Waals surface area contributed by atoms with Crippen molar-refractivity contribution in [3.8, 4) is 0 Å². The maximum atomic E-state index is 13.4. The van der Waals surface area contributed by atoms with Crippen molar-refractivity contribution in [2.75, 3.05) is 17.2 Å². The molecular weight excluding hydrogens is 414 g/mol. The number of halogens is 1. The average Bonchev–Trinajstić information content (AvgIpc) is 3.15. The Labute approximate surface area is 185 Å². The Hall–Kier alpha value is -3.16. The van der Waals surface area contributed by atoms with Crippen molar-refractivity contribution < 1.29 is 9.90 Å². The number of benzene rings is 2. The summed E-state index contributed by atoms with van der Waals surface area (Å²) in [6.07, 6.45) is 1.10. The molecule has 7 nitrogen and oxygen atoms in total. The predicted molar refractivity (Wildman–Crippen MR) is 121 cm³/mol. The molecule has 0 saturated carbocycles. The largest absolute Gasteiger partial charge is 0.396 e. The minimum Gasteiger partial charge on any atom is -0.396 e. The van der Waals surface area contributed by atoms with Crippen LogP contribution in [-0.4, -0.2) is 32.4 Å². The number of aryl methyl sites for hydroxylation is 2. The molecule has 3 aromatic rings. The molecule has 0 spiro atoms. The molecule has 1 aromatic heterocycles. The highest BCUT2D eigenvalue weighted by Gasteiger charge is 2.40. The van der Waals surface area contributed by atoms with Gasteiger partial charge >= 0.3 is 0 Å². The number of aliphatic hydroxyl groups excluding tert-OH is 1. The molecule has 1 amide bonds. The Bertz CT molecular complexity index is 1110. The van der Waals surface area contributed by atoms with E-state index in [4.69, 9.17) is 16.7 Å². The highest BCUT2D eigenvalue weighted by molar-refractivity contribution is 6.30. The second kappa shape index (κ2) is 8.91. The number of para-hydroxylation sites is 1. The third kappa shape index (κ3) is 4.33. The minimum atomic E-state index is -0.624. The quantitative estimate of drug-likeness (QED) is 0.543. The van der Waals surface area contributed by atoms with Crippen LogP contribution in [0, 0.1) is 12.8 Å². The topological polar surface area (TPSA) is 92.1 Å². The number of nitrogens with one attached hydrogen (secondary N) is 2. The summed E-state index contributed by atoms with van der Waals surface area (Å²) in [5, 5.41) is 20.6. The van der Waals surface area contributed by atoms with E-state index in [1.165, 1.54) is 0 Å². The number of aromatic nitrogens is 3. The normalized spacial score (nSPS) is 17.7. The van der Waals surface area contributed by atoms with E-state index in [1.807, 2.05) is 43.3 Å².